The molecule has 0 aliphatic carbocycles. The number of ether oxygens (including phenoxy) is 3. The molecule has 0 amide bonds. The van der Waals surface area contributed by atoms with Crippen molar-refractivity contribution < 1.29 is 23.2 Å². The highest BCUT2D eigenvalue weighted by Crippen LogP contribution is 2.54. The van der Waals surface area contributed by atoms with Crippen LogP contribution in [0, 0.1) is 11.3 Å². The maximum Gasteiger partial charge on any atom is 0.509 e. The van der Waals surface area contributed by atoms with E-state index in [0.717, 1.165) is 0 Å². The normalized spacial score (nSPS) is 26.9. The molecule has 162 valence electrons. The lowest BCUT2D eigenvalue weighted by Crippen LogP contribution is -2.34. The summed E-state index contributed by atoms with van der Waals surface area (Å²) in [7, 11) is -1.40. The largest absolute Gasteiger partial charge is 0.509 e. The minimum Gasteiger partial charge on any atom is -0.424 e. The van der Waals surface area contributed by atoms with Crippen molar-refractivity contribution in [1.82, 2.24) is 14.5 Å². The summed E-state index contributed by atoms with van der Waals surface area (Å²) in [5.41, 5.74) is 6.69. The fraction of sp³-hybridized carbons (Fsp3) is 0.579. The molecule has 2 saturated heterocycles. The minimum atomic E-state index is -1.40. The molecular formula is C19H25N5O5S. The van der Waals surface area contributed by atoms with Crippen LogP contribution < -0.4 is 5.73 Å². The fourth-order valence-corrected chi connectivity index (χ4v) is 4.21. The molecule has 0 radical (unpaired) electrons. The van der Waals surface area contributed by atoms with E-state index in [0.29, 0.717) is 16.6 Å². The van der Waals surface area contributed by atoms with Gasteiger partial charge in [0.15, 0.2) is 18.4 Å². The van der Waals surface area contributed by atoms with Gasteiger partial charge in [0.2, 0.25) is 0 Å². The molecule has 30 heavy (non-hydrogen) atoms. The lowest BCUT2D eigenvalue weighted by atomic mass is 10.1. The van der Waals surface area contributed by atoms with Gasteiger partial charge in [0, 0.05) is 10.9 Å². The second-order valence-electron chi connectivity index (χ2n) is 8.63. The molecule has 2 aliphatic rings. The van der Waals surface area contributed by atoms with Gasteiger partial charge in [-0.1, -0.05) is 20.8 Å². The Bertz CT molecular complexity index is 1040. The summed E-state index contributed by atoms with van der Waals surface area (Å²) in [5, 5.41) is 9.94. The molecular weight excluding hydrogens is 410 g/mol. The molecule has 4 rings (SSSR count). The Morgan fingerprint density at radius 1 is 1.30 bits per heavy atom. The molecule has 0 spiro atoms. The SMILES string of the molecule is CC(C)(C)S(C)(C)OCC1OC(n2cc(C#N)c3c(N)ncnc32)[C@@H]2OC(=O)O[C@H]12. The number of nitrogens with two attached hydrogens (primary N) is 1. The van der Waals surface area contributed by atoms with Crippen molar-refractivity contribution in [2.45, 2.75) is 50.1 Å². The van der Waals surface area contributed by atoms with Crippen molar-refractivity contribution in [2.75, 3.05) is 24.9 Å². The van der Waals surface area contributed by atoms with Crippen molar-refractivity contribution in [3.05, 3.63) is 18.1 Å². The third-order valence-corrected chi connectivity index (χ3v) is 9.46. The van der Waals surface area contributed by atoms with Crippen molar-refractivity contribution in [3.8, 4) is 6.07 Å². The van der Waals surface area contributed by atoms with Gasteiger partial charge in [-0.3, -0.25) is 0 Å². The van der Waals surface area contributed by atoms with Gasteiger partial charge in [-0.05, 0) is 12.5 Å². The van der Waals surface area contributed by atoms with Gasteiger partial charge in [-0.15, -0.1) is 10.3 Å². The van der Waals surface area contributed by atoms with Crippen LogP contribution in [0.25, 0.3) is 11.0 Å². The summed E-state index contributed by atoms with van der Waals surface area (Å²) in [4.78, 5) is 20.1. The fourth-order valence-electron chi connectivity index (χ4n) is 3.39. The van der Waals surface area contributed by atoms with Gasteiger partial charge >= 0.3 is 6.16 Å². The summed E-state index contributed by atoms with van der Waals surface area (Å²) in [6.07, 6.45) is 3.74. The number of rotatable bonds is 4. The molecule has 2 fully saturated rings. The van der Waals surface area contributed by atoms with E-state index in [1.807, 2.05) is 0 Å². The molecule has 11 heteroatoms. The number of hydrogen-bond donors (Lipinski definition) is 1. The van der Waals surface area contributed by atoms with E-state index in [2.05, 4.69) is 49.3 Å². The molecule has 2 unspecified atom stereocenters. The first kappa shape index (κ1) is 20.7. The summed E-state index contributed by atoms with van der Waals surface area (Å²) in [6.45, 7) is 6.63. The smallest absolute Gasteiger partial charge is 0.424 e. The molecule has 0 saturated carbocycles. The van der Waals surface area contributed by atoms with E-state index in [9.17, 15) is 10.1 Å². The van der Waals surface area contributed by atoms with Gasteiger partial charge < -0.3 is 28.7 Å². The van der Waals surface area contributed by atoms with E-state index in [1.165, 1.54) is 6.33 Å². The Kier molecular flexibility index (Phi) is 4.84. The number of aromatic nitrogens is 3. The van der Waals surface area contributed by atoms with E-state index < -0.39 is 41.0 Å². The van der Waals surface area contributed by atoms with Crippen LogP contribution in [-0.4, -0.2) is 62.9 Å². The number of nitrogens with zero attached hydrogens (tertiary/aromatic N) is 4. The highest BCUT2D eigenvalue weighted by molar-refractivity contribution is 8.29. The number of fused-ring (bicyclic) bond motifs is 2. The Balaban J connectivity index is 1.66. The Morgan fingerprint density at radius 2 is 2.00 bits per heavy atom. The van der Waals surface area contributed by atoms with Gasteiger partial charge in [0.1, 0.15) is 30.0 Å². The number of hydrogen-bond acceptors (Lipinski definition) is 9. The monoisotopic (exact) mass is 435 g/mol. The summed E-state index contributed by atoms with van der Waals surface area (Å²) in [5.74, 6) is 0.194. The third-order valence-electron chi connectivity index (χ3n) is 5.79. The van der Waals surface area contributed by atoms with Crippen LogP contribution in [0.3, 0.4) is 0 Å². The topological polar surface area (TPSA) is 135 Å². The van der Waals surface area contributed by atoms with Crippen molar-refractivity contribution in [2.24, 2.45) is 0 Å². The highest BCUT2D eigenvalue weighted by atomic mass is 32.3. The average molecular weight is 436 g/mol. The van der Waals surface area contributed by atoms with Gasteiger partial charge in [0.05, 0.1) is 17.6 Å². The maximum atomic E-state index is 11.9. The van der Waals surface area contributed by atoms with Crippen LogP contribution in [0.1, 0.15) is 32.6 Å². The third kappa shape index (κ3) is 3.25. The molecule has 2 aliphatic heterocycles. The molecule has 2 aromatic heterocycles. The minimum absolute atomic E-state index is 0.0277. The molecule has 0 bridgehead atoms. The molecule has 4 atom stereocenters. The number of carbonyl (C=O) groups excluding carboxylic acids is 1. The van der Waals surface area contributed by atoms with Crippen molar-refractivity contribution in [1.29, 1.82) is 5.26 Å². The van der Waals surface area contributed by atoms with Gasteiger partial charge in [0.25, 0.3) is 0 Å². The van der Waals surface area contributed by atoms with Gasteiger partial charge in [-0.2, -0.15) is 5.26 Å². The second-order valence-corrected chi connectivity index (χ2v) is 12.6. The lowest BCUT2D eigenvalue weighted by molar-refractivity contribution is -0.0658. The second kappa shape index (κ2) is 7.01. The van der Waals surface area contributed by atoms with Crippen LogP contribution >= 0.6 is 10.3 Å². The zero-order chi connectivity index (χ0) is 21.8. The van der Waals surface area contributed by atoms with Crippen molar-refractivity contribution >= 4 is 33.3 Å². The van der Waals surface area contributed by atoms with Crippen LogP contribution in [0.5, 0.6) is 0 Å². The van der Waals surface area contributed by atoms with Crippen LogP contribution in [0.4, 0.5) is 10.6 Å². The first-order valence-electron chi connectivity index (χ1n) is 9.44. The summed E-state index contributed by atoms with van der Waals surface area (Å²) in [6, 6.07) is 2.10. The summed E-state index contributed by atoms with van der Waals surface area (Å²) >= 11 is 0. The van der Waals surface area contributed by atoms with Crippen LogP contribution in [0.15, 0.2) is 12.5 Å². The van der Waals surface area contributed by atoms with Crippen LogP contribution in [0.2, 0.25) is 0 Å². The van der Waals surface area contributed by atoms with E-state index in [4.69, 9.17) is 24.1 Å². The van der Waals surface area contributed by atoms with Gasteiger partial charge in [-0.25, -0.2) is 14.8 Å². The predicted octanol–water partition coefficient (Wildman–Crippen LogP) is 2.48. The quantitative estimate of drug-likeness (QED) is 0.718. The first-order chi connectivity index (χ1) is 14.0. The zero-order valence-corrected chi connectivity index (χ0v) is 18.3. The lowest BCUT2D eigenvalue weighted by Gasteiger charge is -2.44. The van der Waals surface area contributed by atoms with E-state index >= 15 is 0 Å². The zero-order valence-electron chi connectivity index (χ0n) is 17.5. The molecule has 4 heterocycles. The predicted molar refractivity (Wildman–Crippen MR) is 111 cm³/mol. The standard InChI is InChI=1S/C19H25N5O5S/c1-19(2,3)30(4,5)26-8-11-13-14(29-18(25)28-13)17(27-11)24-7-10(6-20)12-15(21)22-9-23-16(12)24/h7,9,11,13-14,17H,8H2,1-5H3,(H2,21,22,23)/t11?,13-,14-,17?/m1/s1. The van der Waals surface area contributed by atoms with E-state index in [1.54, 1.807) is 10.8 Å². The highest BCUT2D eigenvalue weighted by Gasteiger charge is 2.55. The Labute approximate surface area is 175 Å². The maximum absolute atomic E-state index is 11.9. The molecule has 2 aromatic rings. The van der Waals surface area contributed by atoms with E-state index in [-0.39, 0.29) is 17.2 Å². The molecule has 10 nitrogen and oxygen atoms in total. The van der Waals surface area contributed by atoms with Crippen LogP contribution in [-0.2, 0) is 18.4 Å². The summed E-state index contributed by atoms with van der Waals surface area (Å²) < 4.78 is 24.8. The Morgan fingerprint density at radius 3 is 2.67 bits per heavy atom. The Hall–Kier alpha value is -2.55. The number of anilines is 1. The first-order valence-corrected chi connectivity index (χ1v) is 11.8. The number of carbonyl (C=O) groups is 1. The average Bonchev–Trinajstić information content (AvgIpc) is 3.31. The number of nitriles is 1. The molecule has 2 N–H and O–H groups in total. The number of nitrogen functional groups attached to an aromatic ring is 1. The van der Waals surface area contributed by atoms with Crippen molar-refractivity contribution in [3.63, 3.8) is 0 Å². The molecule has 0 aromatic carbocycles.